The molecule has 0 saturated carbocycles. The van der Waals surface area contributed by atoms with Crippen LogP contribution in [0.1, 0.15) is 53.9 Å². The monoisotopic (exact) mass is 419 g/mol. The number of alkyl halides is 2. The number of hydrogen-bond donors (Lipinski definition) is 1. The Morgan fingerprint density at radius 2 is 1.62 bits per heavy atom. The van der Waals surface area contributed by atoms with Gasteiger partial charge in [-0.25, -0.2) is 13.7 Å². The van der Waals surface area contributed by atoms with Gasteiger partial charge in [0.1, 0.15) is 11.9 Å². The summed E-state index contributed by atoms with van der Waals surface area (Å²) in [4.78, 5) is 49.9. The van der Waals surface area contributed by atoms with E-state index in [0.29, 0.717) is 23.9 Å². The quantitative estimate of drug-likeness (QED) is 0.343. The number of halogens is 2. The second-order valence-corrected chi connectivity index (χ2v) is 8.15. The van der Waals surface area contributed by atoms with Crippen LogP contribution < -0.4 is 5.32 Å². The molecule has 3 atom stereocenters. The summed E-state index contributed by atoms with van der Waals surface area (Å²) in [5.74, 6) is -1.02. The zero-order valence-electron chi connectivity index (χ0n) is 18.4. The van der Waals surface area contributed by atoms with Crippen molar-refractivity contribution in [3.05, 3.63) is 0 Å². The second kappa shape index (κ2) is 11.4. The number of hydrogen-bond acceptors (Lipinski definition) is 6. The first-order valence-corrected chi connectivity index (χ1v) is 9.84. The van der Waals surface area contributed by atoms with Crippen molar-refractivity contribution in [3.8, 4) is 0 Å². The first-order valence-electron chi connectivity index (χ1n) is 9.84. The van der Waals surface area contributed by atoms with Crippen LogP contribution in [-0.2, 0) is 19.2 Å². The highest BCUT2D eigenvalue weighted by Crippen LogP contribution is 2.33. The van der Waals surface area contributed by atoms with Gasteiger partial charge >= 0.3 is 0 Å². The van der Waals surface area contributed by atoms with Crippen molar-refractivity contribution < 1.29 is 28.0 Å². The van der Waals surface area contributed by atoms with Crippen LogP contribution in [0.2, 0.25) is 0 Å². The van der Waals surface area contributed by atoms with Gasteiger partial charge in [0.15, 0.2) is 12.6 Å². The minimum Gasteiger partial charge on any atom is -0.316 e. The fourth-order valence-corrected chi connectivity index (χ4v) is 3.35. The maximum atomic E-state index is 14.4. The predicted molar refractivity (Wildman–Crippen MR) is 106 cm³/mol. The smallest absolute Gasteiger partial charge is 0.281 e. The van der Waals surface area contributed by atoms with Crippen molar-refractivity contribution in [2.45, 2.75) is 77.7 Å². The van der Waals surface area contributed by atoms with Gasteiger partial charge < -0.3 is 9.69 Å². The molecule has 0 aliphatic heterocycles. The van der Waals surface area contributed by atoms with E-state index in [1.807, 2.05) is 0 Å². The van der Waals surface area contributed by atoms with Crippen LogP contribution >= 0.6 is 0 Å². The Morgan fingerprint density at radius 1 is 1.07 bits per heavy atom. The minimum atomic E-state index is -3.29. The van der Waals surface area contributed by atoms with Gasteiger partial charge in [-0.15, -0.1) is 0 Å². The van der Waals surface area contributed by atoms with Crippen LogP contribution in [0, 0.1) is 11.8 Å². The topological polar surface area (TPSA) is 86.8 Å². The molecule has 0 fully saturated rings. The Hall–Kier alpha value is -1.74. The summed E-state index contributed by atoms with van der Waals surface area (Å²) in [6.07, 6.45) is -1.83. The third-order valence-corrected chi connectivity index (χ3v) is 5.20. The molecule has 0 spiro atoms. The van der Waals surface area contributed by atoms with E-state index >= 15 is 0 Å². The number of amides is 1. The number of carbonyl (C=O) groups is 4. The molecular formula is C20H35F2N3O4. The lowest BCUT2D eigenvalue weighted by atomic mass is 9.91. The Balaban J connectivity index is 6.60. The van der Waals surface area contributed by atoms with E-state index in [2.05, 4.69) is 5.32 Å². The summed E-state index contributed by atoms with van der Waals surface area (Å²) in [5, 5.41) is 2.88. The van der Waals surface area contributed by atoms with Crippen LogP contribution in [-0.4, -0.2) is 72.5 Å². The summed E-state index contributed by atoms with van der Waals surface area (Å²) in [6, 6.07) is -0.819. The van der Waals surface area contributed by atoms with Crippen molar-refractivity contribution in [2.75, 3.05) is 14.1 Å². The molecule has 7 nitrogen and oxygen atoms in total. The maximum absolute atomic E-state index is 14.4. The maximum Gasteiger partial charge on any atom is 0.281 e. The van der Waals surface area contributed by atoms with Gasteiger partial charge in [-0.05, 0) is 31.7 Å². The van der Waals surface area contributed by atoms with Gasteiger partial charge in [0.25, 0.3) is 6.43 Å². The zero-order valence-corrected chi connectivity index (χ0v) is 18.4. The summed E-state index contributed by atoms with van der Waals surface area (Å²) in [6.45, 7) is 8.78. The van der Waals surface area contributed by atoms with E-state index in [9.17, 15) is 28.0 Å². The van der Waals surface area contributed by atoms with Crippen molar-refractivity contribution >= 4 is 24.8 Å². The average Bonchev–Trinajstić information content (AvgIpc) is 2.65. The number of carbonyl (C=O) groups excluding carboxylic acids is 4. The highest BCUT2D eigenvalue weighted by atomic mass is 19.3. The molecule has 0 aromatic rings. The molecule has 0 radical (unpaired) electrons. The highest BCUT2D eigenvalue weighted by molar-refractivity contribution is 5.82. The summed E-state index contributed by atoms with van der Waals surface area (Å²) in [7, 11) is 2.32. The second-order valence-electron chi connectivity index (χ2n) is 8.15. The molecule has 0 aromatic heterocycles. The molecule has 0 aliphatic rings. The van der Waals surface area contributed by atoms with Crippen LogP contribution in [0.3, 0.4) is 0 Å². The van der Waals surface area contributed by atoms with Crippen LogP contribution in [0.5, 0.6) is 0 Å². The van der Waals surface area contributed by atoms with E-state index in [1.165, 1.54) is 7.05 Å². The van der Waals surface area contributed by atoms with Crippen LogP contribution in [0.25, 0.3) is 0 Å². The van der Waals surface area contributed by atoms with Crippen LogP contribution in [0.4, 0.5) is 8.78 Å². The van der Waals surface area contributed by atoms with Gasteiger partial charge in [0.2, 0.25) is 11.6 Å². The van der Waals surface area contributed by atoms with Gasteiger partial charge in [0.05, 0.1) is 6.04 Å². The van der Waals surface area contributed by atoms with E-state index < -0.39 is 29.7 Å². The molecular weight excluding hydrogens is 384 g/mol. The summed E-state index contributed by atoms with van der Waals surface area (Å²) >= 11 is 0. The van der Waals surface area contributed by atoms with E-state index in [-0.39, 0.29) is 31.0 Å². The Kier molecular flexibility index (Phi) is 10.8. The molecule has 29 heavy (non-hydrogen) atoms. The van der Waals surface area contributed by atoms with E-state index in [0.717, 1.165) is 11.9 Å². The molecule has 2 unspecified atom stereocenters. The van der Waals surface area contributed by atoms with Gasteiger partial charge in [0, 0.05) is 13.5 Å². The molecule has 9 heteroatoms. The molecule has 0 bridgehead atoms. The molecule has 1 N–H and O–H groups in total. The van der Waals surface area contributed by atoms with Crippen molar-refractivity contribution in [2.24, 2.45) is 11.8 Å². The van der Waals surface area contributed by atoms with Gasteiger partial charge in [-0.1, -0.05) is 34.6 Å². The lowest BCUT2D eigenvalue weighted by Crippen LogP contribution is -2.76. The van der Waals surface area contributed by atoms with Gasteiger partial charge in [-0.3, -0.25) is 19.7 Å². The standard InChI is InChI=1S/C20H35F2N3O4/c1-8-9-17(29)24(6)20(13-28,18(21)22)25(7)19(12-27,10-14(2)3)23-16(11-26)15(4)5/h11-16,18,23H,8-10H2,1-7H3/t16?,19?,20-/m0/s1. The SMILES string of the molecule is CCCC(=O)N(C)[C@](C=O)(C(F)F)N(C)C(C=O)(CC(C)C)NC(C=O)C(C)C. The Labute approximate surface area is 172 Å². The molecule has 0 aromatic carbocycles. The zero-order chi connectivity index (χ0) is 23.0. The molecule has 0 saturated heterocycles. The molecule has 0 aliphatic carbocycles. The minimum absolute atomic E-state index is 0.00320. The van der Waals surface area contributed by atoms with Crippen LogP contribution in [0.15, 0.2) is 0 Å². The summed E-state index contributed by atoms with van der Waals surface area (Å²) < 4.78 is 28.7. The third-order valence-electron chi connectivity index (χ3n) is 5.20. The number of nitrogens with one attached hydrogen (secondary N) is 1. The summed E-state index contributed by atoms with van der Waals surface area (Å²) in [5.41, 5.74) is -4.46. The number of aldehydes is 3. The van der Waals surface area contributed by atoms with Crippen molar-refractivity contribution in [1.29, 1.82) is 0 Å². The average molecular weight is 420 g/mol. The molecule has 0 heterocycles. The predicted octanol–water partition coefficient (Wildman–Crippen LogP) is 2.09. The Morgan fingerprint density at radius 3 is 1.93 bits per heavy atom. The first kappa shape index (κ1) is 27.3. The normalized spacial score (nSPS) is 17.1. The fourth-order valence-electron chi connectivity index (χ4n) is 3.35. The first-order chi connectivity index (χ1) is 13.4. The third kappa shape index (κ3) is 5.88. The largest absolute Gasteiger partial charge is 0.316 e. The fraction of sp³-hybridized carbons (Fsp3) is 0.800. The Bertz CT molecular complexity index is 574. The lowest BCUT2D eigenvalue weighted by molar-refractivity contribution is -0.187. The molecule has 1 amide bonds. The number of nitrogens with zero attached hydrogens (tertiary/aromatic N) is 2. The van der Waals surface area contributed by atoms with Gasteiger partial charge in [-0.2, -0.15) is 0 Å². The van der Waals surface area contributed by atoms with Crippen molar-refractivity contribution in [1.82, 2.24) is 15.1 Å². The van der Waals surface area contributed by atoms with Crippen molar-refractivity contribution in [3.63, 3.8) is 0 Å². The molecule has 0 rings (SSSR count). The molecule has 168 valence electrons. The number of likely N-dealkylation sites (N-methyl/N-ethyl adjacent to an activating group) is 2. The highest BCUT2D eigenvalue weighted by Gasteiger charge is 2.56. The van der Waals surface area contributed by atoms with E-state index in [1.54, 1.807) is 34.6 Å². The number of rotatable bonds is 14. The lowest BCUT2D eigenvalue weighted by Gasteiger charge is -2.52. The van der Waals surface area contributed by atoms with E-state index in [4.69, 9.17) is 0 Å².